The zero-order chi connectivity index (χ0) is 23.8. The topological polar surface area (TPSA) is 98.9 Å². The van der Waals surface area contributed by atoms with Gasteiger partial charge in [-0.05, 0) is 36.8 Å². The second-order valence-corrected chi connectivity index (χ2v) is 8.75. The molecule has 0 atom stereocenters. The standard InChI is InChI=1S/C26H26N6O3/c1-17-5-7-19-3-2-4-21(24(19)30-17)35-26-23(27)25(28-15-29-26)32-11-9-31(10-12-32)14-18-6-8-20-22(13-18)34-16-33-20/h2-8,13,15H,9-12,14,16,27H2,1H3. The Morgan fingerprint density at radius 1 is 0.971 bits per heavy atom. The molecule has 0 unspecified atom stereocenters. The van der Waals surface area contributed by atoms with Gasteiger partial charge in [-0.1, -0.05) is 24.3 Å². The number of nitrogen functional groups attached to an aromatic ring is 1. The molecule has 4 aromatic rings. The number of aromatic nitrogens is 3. The van der Waals surface area contributed by atoms with Gasteiger partial charge in [0.25, 0.3) is 0 Å². The van der Waals surface area contributed by atoms with Crippen molar-refractivity contribution < 1.29 is 14.2 Å². The lowest BCUT2D eigenvalue weighted by atomic mass is 10.1. The van der Waals surface area contributed by atoms with Crippen LogP contribution >= 0.6 is 0 Å². The molecule has 0 amide bonds. The number of nitrogens with zero attached hydrogens (tertiary/aromatic N) is 5. The molecule has 2 N–H and O–H groups in total. The number of ether oxygens (including phenoxy) is 3. The molecule has 0 saturated carbocycles. The zero-order valence-corrected chi connectivity index (χ0v) is 19.5. The third kappa shape index (κ3) is 4.26. The van der Waals surface area contributed by atoms with Gasteiger partial charge in [0.05, 0.1) is 0 Å². The number of anilines is 2. The number of piperazine rings is 1. The Kier molecular flexibility index (Phi) is 5.46. The van der Waals surface area contributed by atoms with Gasteiger partial charge in [0, 0.05) is 43.8 Å². The summed E-state index contributed by atoms with van der Waals surface area (Å²) in [7, 11) is 0. The maximum Gasteiger partial charge on any atom is 0.248 e. The summed E-state index contributed by atoms with van der Waals surface area (Å²) in [5, 5.41) is 1.000. The lowest BCUT2D eigenvalue weighted by Crippen LogP contribution is -2.46. The maximum atomic E-state index is 6.49. The molecule has 0 aliphatic carbocycles. The fourth-order valence-corrected chi connectivity index (χ4v) is 4.52. The Morgan fingerprint density at radius 3 is 2.71 bits per heavy atom. The van der Waals surface area contributed by atoms with Crippen molar-refractivity contribution in [2.45, 2.75) is 13.5 Å². The van der Waals surface area contributed by atoms with Crippen LogP contribution in [0.4, 0.5) is 11.5 Å². The Morgan fingerprint density at radius 2 is 1.83 bits per heavy atom. The minimum absolute atomic E-state index is 0.292. The molecule has 2 aromatic heterocycles. The largest absolute Gasteiger partial charge is 0.454 e. The summed E-state index contributed by atoms with van der Waals surface area (Å²) in [6.07, 6.45) is 1.50. The van der Waals surface area contributed by atoms with Crippen LogP contribution in [0.3, 0.4) is 0 Å². The van der Waals surface area contributed by atoms with Crippen molar-refractivity contribution in [3.63, 3.8) is 0 Å². The normalized spacial score (nSPS) is 15.5. The van der Waals surface area contributed by atoms with E-state index in [1.54, 1.807) is 0 Å². The molecule has 0 radical (unpaired) electrons. The lowest BCUT2D eigenvalue weighted by Gasteiger charge is -2.35. The molecule has 35 heavy (non-hydrogen) atoms. The van der Waals surface area contributed by atoms with E-state index in [-0.39, 0.29) is 0 Å². The first-order chi connectivity index (χ1) is 17.1. The van der Waals surface area contributed by atoms with Crippen LogP contribution in [0, 0.1) is 6.92 Å². The highest BCUT2D eigenvalue weighted by molar-refractivity contribution is 5.85. The van der Waals surface area contributed by atoms with Crippen LogP contribution in [-0.2, 0) is 6.54 Å². The molecule has 178 valence electrons. The van der Waals surface area contributed by atoms with Crippen molar-refractivity contribution in [2.75, 3.05) is 43.6 Å². The highest BCUT2D eigenvalue weighted by atomic mass is 16.7. The first-order valence-electron chi connectivity index (χ1n) is 11.6. The first-order valence-corrected chi connectivity index (χ1v) is 11.6. The van der Waals surface area contributed by atoms with E-state index in [4.69, 9.17) is 19.9 Å². The maximum absolute atomic E-state index is 6.49. The number of rotatable bonds is 5. The summed E-state index contributed by atoms with van der Waals surface area (Å²) in [4.78, 5) is 18.0. The number of nitrogens with two attached hydrogens (primary N) is 1. The highest BCUT2D eigenvalue weighted by Crippen LogP contribution is 2.35. The van der Waals surface area contributed by atoms with Gasteiger partial charge in [0.1, 0.15) is 17.5 Å². The minimum atomic E-state index is 0.292. The Bertz CT molecular complexity index is 1390. The van der Waals surface area contributed by atoms with Crippen molar-refractivity contribution in [1.82, 2.24) is 19.9 Å². The van der Waals surface area contributed by atoms with Gasteiger partial charge < -0.3 is 24.8 Å². The van der Waals surface area contributed by atoms with Crippen LogP contribution < -0.4 is 24.8 Å². The van der Waals surface area contributed by atoms with Crippen LogP contribution in [-0.4, -0.2) is 52.8 Å². The van der Waals surface area contributed by atoms with Gasteiger partial charge >= 0.3 is 0 Å². The first kappa shape index (κ1) is 21.4. The third-order valence-corrected chi connectivity index (χ3v) is 6.37. The van der Waals surface area contributed by atoms with E-state index in [2.05, 4.69) is 36.9 Å². The van der Waals surface area contributed by atoms with E-state index in [0.29, 0.717) is 29.9 Å². The Hall–Kier alpha value is -4.11. The van der Waals surface area contributed by atoms with Crippen LogP contribution in [0.1, 0.15) is 11.3 Å². The fraction of sp³-hybridized carbons (Fsp3) is 0.269. The van der Waals surface area contributed by atoms with Crippen molar-refractivity contribution in [1.29, 1.82) is 0 Å². The second kappa shape index (κ2) is 8.92. The van der Waals surface area contributed by atoms with Gasteiger partial charge in [0.15, 0.2) is 23.1 Å². The molecule has 2 aliphatic heterocycles. The Balaban J connectivity index is 1.15. The predicted molar refractivity (Wildman–Crippen MR) is 133 cm³/mol. The van der Waals surface area contributed by atoms with Gasteiger partial charge in [-0.15, -0.1) is 0 Å². The SMILES string of the molecule is Cc1ccc2cccc(Oc3ncnc(N4CCN(Cc5ccc6c(c5)OCO6)CC4)c3N)c2n1. The molecule has 9 nitrogen and oxygen atoms in total. The van der Waals surface area contributed by atoms with Crippen molar-refractivity contribution in [3.05, 3.63) is 66.1 Å². The average Bonchev–Trinajstić information content (AvgIpc) is 3.34. The molecular formula is C26H26N6O3. The van der Waals surface area contributed by atoms with Crippen LogP contribution in [0.5, 0.6) is 23.1 Å². The lowest BCUT2D eigenvalue weighted by molar-refractivity contribution is 0.174. The number of benzene rings is 2. The van der Waals surface area contributed by atoms with E-state index < -0.39 is 0 Å². The summed E-state index contributed by atoms with van der Waals surface area (Å²) in [6.45, 7) is 6.49. The van der Waals surface area contributed by atoms with Gasteiger partial charge in [-0.25, -0.2) is 9.97 Å². The molecular weight excluding hydrogens is 444 g/mol. The fourth-order valence-electron chi connectivity index (χ4n) is 4.52. The molecule has 6 rings (SSSR count). The minimum Gasteiger partial charge on any atom is -0.454 e. The number of aryl methyl sites for hydroxylation is 1. The molecule has 0 bridgehead atoms. The summed E-state index contributed by atoms with van der Waals surface area (Å²) >= 11 is 0. The van der Waals surface area contributed by atoms with E-state index >= 15 is 0 Å². The van der Waals surface area contributed by atoms with Gasteiger partial charge in [0.2, 0.25) is 12.7 Å². The number of fused-ring (bicyclic) bond motifs is 2. The van der Waals surface area contributed by atoms with E-state index in [1.165, 1.54) is 11.9 Å². The number of hydrogen-bond donors (Lipinski definition) is 1. The molecule has 2 aliphatic rings. The van der Waals surface area contributed by atoms with Crippen LogP contribution in [0.25, 0.3) is 10.9 Å². The van der Waals surface area contributed by atoms with E-state index in [0.717, 1.165) is 60.8 Å². The summed E-state index contributed by atoms with van der Waals surface area (Å²) in [5.41, 5.74) is 9.84. The van der Waals surface area contributed by atoms with Crippen LogP contribution in [0.15, 0.2) is 54.9 Å². The molecule has 2 aromatic carbocycles. The summed E-state index contributed by atoms with van der Waals surface area (Å²) in [5.74, 6) is 3.29. The molecule has 9 heteroatoms. The van der Waals surface area contributed by atoms with E-state index in [1.807, 2.05) is 43.3 Å². The van der Waals surface area contributed by atoms with Crippen LogP contribution in [0.2, 0.25) is 0 Å². The zero-order valence-electron chi connectivity index (χ0n) is 19.5. The quantitative estimate of drug-likeness (QED) is 0.467. The van der Waals surface area contributed by atoms with Gasteiger partial charge in [-0.3, -0.25) is 4.90 Å². The Labute approximate surface area is 203 Å². The number of para-hydroxylation sites is 1. The smallest absolute Gasteiger partial charge is 0.248 e. The van der Waals surface area contributed by atoms with Crippen molar-refractivity contribution >= 4 is 22.4 Å². The second-order valence-electron chi connectivity index (χ2n) is 8.75. The molecule has 4 heterocycles. The third-order valence-electron chi connectivity index (χ3n) is 6.37. The predicted octanol–water partition coefficient (Wildman–Crippen LogP) is 3.76. The molecule has 1 saturated heterocycles. The molecule has 0 spiro atoms. The molecule has 1 fully saturated rings. The van der Waals surface area contributed by atoms with Gasteiger partial charge in [-0.2, -0.15) is 4.98 Å². The number of pyridine rings is 1. The average molecular weight is 471 g/mol. The summed E-state index contributed by atoms with van der Waals surface area (Å²) in [6, 6.07) is 16.0. The van der Waals surface area contributed by atoms with Crippen molar-refractivity contribution in [2.24, 2.45) is 0 Å². The van der Waals surface area contributed by atoms with Crippen molar-refractivity contribution in [3.8, 4) is 23.1 Å². The highest BCUT2D eigenvalue weighted by Gasteiger charge is 2.23. The van der Waals surface area contributed by atoms with E-state index in [9.17, 15) is 0 Å². The summed E-state index contributed by atoms with van der Waals surface area (Å²) < 4.78 is 17.1. The monoisotopic (exact) mass is 470 g/mol. The number of hydrogen-bond acceptors (Lipinski definition) is 9.